The summed E-state index contributed by atoms with van der Waals surface area (Å²) in [6.07, 6.45) is 2.21. The van der Waals surface area contributed by atoms with Gasteiger partial charge < -0.3 is 0 Å². The van der Waals surface area contributed by atoms with Crippen LogP contribution in [-0.2, 0) is 4.79 Å². The van der Waals surface area contributed by atoms with Crippen molar-refractivity contribution in [1.29, 1.82) is 0 Å². The first kappa shape index (κ1) is 20.2. The number of hydrogen-bond donors (Lipinski definition) is 0. The summed E-state index contributed by atoms with van der Waals surface area (Å²) in [6, 6.07) is 13.9. The lowest BCUT2D eigenvalue weighted by molar-refractivity contribution is -0.112. The highest BCUT2D eigenvalue weighted by Gasteiger charge is 2.46. The zero-order valence-electron chi connectivity index (χ0n) is 17.8. The van der Waals surface area contributed by atoms with Gasteiger partial charge in [-0.15, -0.1) is 10.2 Å². The van der Waals surface area contributed by atoms with Crippen LogP contribution < -0.4 is 4.90 Å². The van der Waals surface area contributed by atoms with E-state index in [1.165, 1.54) is 5.57 Å². The van der Waals surface area contributed by atoms with Crippen LogP contribution in [0.1, 0.15) is 35.5 Å². The molecule has 0 fully saturated rings. The van der Waals surface area contributed by atoms with E-state index in [0.717, 1.165) is 43.2 Å². The Hall–Kier alpha value is -2.77. The zero-order valence-corrected chi connectivity index (χ0v) is 19.5. The van der Waals surface area contributed by atoms with E-state index in [-0.39, 0.29) is 5.91 Å². The predicted molar refractivity (Wildman–Crippen MR) is 129 cm³/mol. The van der Waals surface area contributed by atoms with Gasteiger partial charge in [-0.05, 0) is 63.1 Å². The molecule has 1 amide bonds. The minimum atomic E-state index is -0.449. The van der Waals surface area contributed by atoms with Crippen LogP contribution in [0.3, 0.4) is 0 Å². The molecule has 0 unspecified atom stereocenters. The fraction of sp³-hybridized carbons (Fsp3) is 0.250. The van der Waals surface area contributed by atoms with Crippen molar-refractivity contribution in [3.8, 4) is 0 Å². The van der Waals surface area contributed by atoms with Crippen LogP contribution in [0.5, 0.6) is 0 Å². The van der Waals surface area contributed by atoms with Gasteiger partial charge in [0.1, 0.15) is 10.7 Å². The lowest BCUT2D eigenvalue weighted by atomic mass is 9.88. The number of anilines is 1. The summed E-state index contributed by atoms with van der Waals surface area (Å²) in [7, 11) is 0. The second-order valence-corrected chi connectivity index (χ2v) is 10.7. The Bertz CT molecular complexity index is 1260. The lowest BCUT2D eigenvalue weighted by Gasteiger charge is -2.39. The SMILES string of the molecule is Cc1cc2c3c(c1)C(=Nc1ccccc1)C(=O)N3C(C)(C)C=C2CSc1nnc(C)s1. The van der Waals surface area contributed by atoms with E-state index >= 15 is 0 Å². The van der Waals surface area contributed by atoms with Crippen molar-refractivity contribution in [2.75, 3.05) is 10.7 Å². The highest BCUT2D eigenvalue weighted by Crippen LogP contribution is 2.47. The minimum Gasteiger partial charge on any atom is -0.297 e. The molecule has 2 aliphatic heterocycles. The molecule has 0 atom stereocenters. The second kappa shape index (κ2) is 7.43. The molecule has 0 N–H and O–H groups in total. The van der Waals surface area contributed by atoms with Gasteiger partial charge in [-0.2, -0.15) is 0 Å². The highest BCUT2D eigenvalue weighted by atomic mass is 32.2. The molecule has 0 spiro atoms. The summed E-state index contributed by atoms with van der Waals surface area (Å²) < 4.78 is 0.963. The van der Waals surface area contributed by atoms with Crippen molar-refractivity contribution in [3.63, 3.8) is 0 Å². The number of carbonyl (C=O) groups is 1. The molecule has 2 aromatic carbocycles. The molecule has 7 heteroatoms. The molecule has 0 bridgehead atoms. The third-order valence-electron chi connectivity index (χ3n) is 5.44. The maximum atomic E-state index is 13.5. The number of nitrogens with zero attached hydrogens (tertiary/aromatic N) is 4. The number of aliphatic imine (C=N–C) groups is 1. The van der Waals surface area contributed by atoms with Gasteiger partial charge in [-0.3, -0.25) is 9.69 Å². The number of thioether (sulfide) groups is 1. The lowest BCUT2D eigenvalue weighted by Crippen LogP contribution is -2.48. The van der Waals surface area contributed by atoms with Gasteiger partial charge in [-0.25, -0.2) is 4.99 Å². The third kappa shape index (κ3) is 3.51. The molecule has 0 radical (unpaired) electrons. The Balaban J connectivity index is 1.62. The first-order chi connectivity index (χ1) is 14.8. The second-order valence-electron chi connectivity index (χ2n) is 8.34. The number of rotatable bonds is 4. The number of benzene rings is 2. The van der Waals surface area contributed by atoms with Crippen LogP contribution in [0, 0.1) is 13.8 Å². The first-order valence-corrected chi connectivity index (χ1v) is 11.9. The maximum absolute atomic E-state index is 13.5. The number of aromatic nitrogens is 2. The number of amides is 1. The molecule has 0 saturated heterocycles. The molecule has 1 aromatic heterocycles. The van der Waals surface area contributed by atoms with E-state index in [1.807, 2.05) is 42.2 Å². The summed E-state index contributed by atoms with van der Waals surface area (Å²) in [6.45, 7) is 8.21. The predicted octanol–water partition coefficient (Wildman–Crippen LogP) is 5.59. The minimum absolute atomic E-state index is 0.0431. The fourth-order valence-electron chi connectivity index (χ4n) is 4.22. The molecule has 0 saturated carbocycles. The van der Waals surface area contributed by atoms with Gasteiger partial charge in [0.2, 0.25) is 0 Å². The van der Waals surface area contributed by atoms with Crippen LogP contribution in [0.25, 0.3) is 5.57 Å². The van der Waals surface area contributed by atoms with Crippen molar-refractivity contribution in [2.45, 2.75) is 37.6 Å². The average Bonchev–Trinajstić information content (AvgIpc) is 3.26. The van der Waals surface area contributed by atoms with Crippen LogP contribution in [0.2, 0.25) is 0 Å². The van der Waals surface area contributed by atoms with Crippen molar-refractivity contribution < 1.29 is 4.79 Å². The molecule has 3 heterocycles. The summed E-state index contributed by atoms with van der Waals surface area (Å²) >= 11 is 3.30. The highest BCUT2D eigenvalue weighted by molar-refractivity contribution is 8.01. The Morgan fingerprint density at radius 2 is 1.84 bits per heavy atom. The fourth-order valence-corrected chi connectivity index (χ4v) is 6.03. The Morgan fingerprint density at radius 1 is 1.10 bits per heavy atom. The van der Waals surface area contributed by atoms with E-state index in [1.54, 1.807) is 23.1 Å². The summed E-state index contributed by atoms with van der Waals surface area (Å²) in [5, 5.41) is 9.34. The van der Waals surface area contributed by atoms with E-state index < -0.39 is 5.54 Å². The van der Waals surface area contributed by atoms with E-state index in [9.17, 15) is 4.79 Å². The zero-order chi connectivity index (χ0) is 21.8. The Kier molecular flexibility index (Phi) is 4.83. The molecule has 3 aromatic rings. The van der Waals surface area contributed by atoms with Crippen molar-refractivity contribution in [3.05, 3.63) is 70.2 Å². The summed E-state index contributed by atoms with van der Waals surface area (Å²) in [5.74, 6) is 0.736. The smallest absolute Gasteiger partial charge is 0.278 e. The van der Waals surface area contributed by atoms with Gasteiger partial charge in [0, 0.05) is 16.9 Å². The normalized spacial score (nSPS) is 17.8. The van der Waals surface area contributed by atoms with Gasteiger partial charge in [0.25, 0.3) is 5.91 Å². The third-order valence-corrected chi connectivity index (χ3v) is 7.46. The number of aryl methyl sites for hydroxylation is 2. The molecule has 31 heavy (non-hydrogen) atoms. The molecular formula is C24H22N4OS2. The molecule has 0 aliphatic carbocycles. The largest absolute Gasteiger partial charge is 0.297 e. The van der Waals surface area contributed by atoms with E-state index in [2.05, 4.69) is 49.2 Å². The van der Waals surface area contributed by atoms with Gasteiger partial charge in [0.15, 0.2) is 4.34 Å². The molecule has 156 valence electrons. The summed E-state index contributed by atoms with van der Waals surface area (Å²) in [5.41, 5.74) is 6.18. The van der Waals surface area contributed by atoms with Crippen LogP contribution in [-0.4, -0.2) is 33.1 Å². The Labute approximate surface area is 189 Å². The summed E-state index contributed by atoms with van der Waals surface area (Å²) in [4.78, 5) is 20.2. The number of para-hydroxylation sites is 1. The van der Waals surface area contributed by atoms with E-state index in [4.69, 9.17) is 4.99 Å². The quantitative estimate of drug-likeness (QED) is 0.490. The van der Waals surface area contributed by atoms with Gasteiger partial charge in [0.05, 0.1) is 16.9 Å². The van der Waals surface area contributed by atoms with Gasteiger partial charge in [-0.1, -0.05) is 47.4 Å². The van der Waals surface area contributed by atoms with E-state index in [0.29, 0.717) is 5.71 Å². The molecular weight excluding hydrogens is 424 g/mol. The van der Waals surface area contributed by atoms with Crippen molar-refractivity contribution in [1.82, 2.24) is 10.2 Å². The van der Waals surface area contributed by atoms with Crippen LogP contribution in [0.4, 0.5) is 11.4 Å². The van der Waals surface area contributed by atoms with Crippen LogP contribution in [0.15, 0.2) is 57.9 Å². The average molecular weight is 447 g/mol. The maximum Gasteiger partial charge on any atom is 0.278 e. The molecule has 5 rings (SSSR count). The van der Waals surface area contributed by atoms with Crippen LogP contribution >= 0.6 is 23.1 Å². The van der Waals surface area contributed by atoms with Crippen molar-refractivity contribution >= 4 is 51.7 Å². The van der Waals surface area contributed by atoms with Gasteiger partial charge >= 0.3 is 0 Å². The Morgan fingerprint density at radius 3 is 2.55 bits per heavy atom. The monoisotopic (exact) mass is 446 g/mol. The molecule has 5 nitrogen and oxygen atoms in total. The van der Waals surface area contributed by atoms with Crippen molar-refractivity contribution in [2.24, 2.45) is 4.99 Å². The first-order valence-electron chi connectivity index (χ1n) is 10.1. The number of hydrogen-bond acceptors (Lipinski definition) is 6. The topological polar surface area (TPSA) is 58.5 Å². The molecule has 2 aliphatic rings. The number of carbonyl (C=O) groups excluding carboxylic acids is 1. The standard InChI is InChI=1S/C24H22N4OS2/c1-14-10-18-16(13-30-23-27-26-15(2)31-23)12-24(3,4)28-21(18)19(11-14)20(22(28)29)25-17-8-6-5-7-9-17/h5-12H,13H2,1-4H3.